The van der Waals surface area contributed by atoms with E-state index in [1.165, 1.54) is 36.4 Å². The predicted molar refractivity (Wildman–Crippen MR) is 316 cm³/mol. The quantitative estimate of drug-likeness (QED) is 0.115. The lowest BCUT2D eigenvalue weighted by molar-refractivity contribution is -0.137. The van der Waals surface area contributed by atoms with Crippen molar-refractivity contribution in [1.82, 2.24) is 9.13 Å². The Labute approximate surface area is 481 Å². The van der Waals surface area contributed by atoms with Gasteiger partial charge in [0, 0.05) is 49.4 Å². The van der Waals surface area contributed by atoms with Crippen LogP contribution in [0.3, 0.4) is 0 Å². The highest BCUT2D eigenvalue weighted by atomic mass is 19.4. The standard InChI is InChI=1S/C70H29F4N11/c1-80-55-17-39(34-75)13-47(23-55)43-5-9-59-60-10-6-44(48-14-40(35-76)18-56(24-48)81-2)28-66(60)84(65(59)27-43)64-33-63(51-21-53(70(72,73)74)32-54(71)22-51)69(31-52(64)38-79)85-67-29-45(49-15-41(36-77)19-57(25-49)82-3)7-11-61(67)62-12-8-46(30-68(62)85)50-16-42(37-78)20-58(26-50)83-4/h5-33H. The molecule has 12 aromatic rings. The van der Waals surface area contributed by atoms with Gasteiger partial charge in [0.05, 0.1) is 95.1 Å². The molecule has 85 heavy (non-hydrogen) atoms. The zero-order valence-electron chi connectivity index (χ0n) is 43.7. The summed E-state index contributed by atoms with van der Waals surface area (Å²) < 4.78 is 64.8. The number of hydrogen-bond acceptors (Lipinski definition) is 5. The van der Waals surface area contributed by atoms with Gasteiger partial charge in [-0.3, -0.25) is 0 Å². The van der Waals surface area contributed by atoms with Gasteiger partial charge in [-0.25, -0.2) is 23.8 Å². The summed E-state index contributed by atoms with van der Waals surface area (Å²) in [7, 11) is 0. The van der Waals surface area contributed by atoms with Gasteiger partial charge in [0.2, 0.25) is 0 Å². The Morgan fingerprint density at radius 3 is 0.988 bits per heavy atom. The van der Waals surface area contributed by atoms with Crippen LogP contribution in [0.4, 0.5) is 40.3 Å². The van der Waals surface area contributed by atoms with Gasteiger partial charge < -0.3 is 9.13 Å². The third-order valence-corrected chi connectivity index (χ3v) is 14.8. The molecular formula is C70H29F4N11. The van der Waals surface area contributed by atoms with E-state index in [0.717, 1.165) is 12.1 Å². The zero-order valence-corrected chi connectivity index (χ0v) is 43.7. The molecular weight excluding hydrogens is 1070 g/mol. The molecule has 10 aromatic carbocycles. The maximum absolute atomic E-state index is 16.2. The van der Waals surface area contributed by atoms with Crippen LogP contribution in [-0.2, 0) is 6.18 Å². The van der Waals surface area contributed by atoms with Gasteiger partial charge in [-0.2, -0.15) is 39.5 Å². The molecule has 0 spiro atoms. The first-order valence-electron chi connectivity index (χ1n) is 25.5. The molecule has 15 heteroatoms. The smallest absolute Gasteiger partial charge is 0.309 e. The Bertz CT molecular complexity index is 4990. The molecule has 0 unspecified atom stereocenters. The zero-order chi connectivity index (χ0) is 59.4. The van der Waals surface area contributed by atoms with Gasteiger partial charge in [-0.15, -0.1) is 0 Å². The number of alkyl halides is 3. The number of halogens is 4. The molecule has 0 radical (unpaired) electrons. The highest BCUT2D eigenvalue weighted by molar-refractivity contribution is 6.13. The topological polar surface area (TPSA) is 146 Å². The molecule has 0 saturated heterocycles. The lowest BCUT2D eigenvalue weighted by Gasteiger charge is -2.20. The van der Waals surface area contributed by atoms with Gasteiger partial charge in [-0.1, -0.05) is 48.5 Å². The molecule has 2 heterocycles. The molecule has 0 aliphatic rings. The average molecular weight is 1100 g/mol. The van der Waals surface area contributed by atoms with Crippen molar-refractivity contribution in [3.63, 3.8) is 0 Å². The molecule has 0 fully saturated rings. The monoisotopic (exact) mass is 1100 g/mol. The van der Waals surface area contributed by atoms with Gasteiger partial charge in [0.15, 0.2) is 22.7 Å². The van der Waals surface area contributed by atoms with E-state index in [2.05, 4.69) is 49.7 Å². The van der Waals surface area contributed by atoms with Crippen LogP contribution in [0, 0.1) is 88.8 Å². The van der Waals surface area contributed by atoms with Crippen molar-refractivity contribution >= 4 is 66.4 Å². The van der Waals surface area contributed by atoms with Crippen molar-refractivity contribution in [2.24, 2.45) is 0 Å². The first-order chi connectivity index (χ1) is 41.1. The van der Waals surface area contributed by atoms with Crippen molar-refractivity contribution in [2.75, 3.05) is 0 Å². The molecule has 0 bridgehead atoms. The first-order valence-corrected chi connectivity index (χ1v) is 25.5. The van der Waals surface area contributed by atoms with Crippen molar-refractivity contribution in [3.05, 3.63) is 261 Å². The summed E-state index contributed by atoms with van der Waals surface area (Å²) in [6, 6.07) is 56.6. The summed E-state index contributed by atoms with van der Waals surface area (Å²) in [4.78, 5) is 14.4. The molecule has 0 atom stereocenters. The number of fused-ring (bicyclic) bond motifs is 6. The highest BCUT2D eigenvalue weighted by Gasteiger charge is 2.32. The van der Waals surface area contributed by atoms with Crippen molar-refractivity contribution in [1.29, 1.82) is 26.3 Å². The van der Waals surface area contributed by atoms with Gasteiger partial charge in [0.25, 0.3) is 0 Å². The van der Waals surface area contributed by atoms with E-state index < -0.39 is 17.6 Å². The minimum absolute atomic E-state index is 0.0153. The summed E-state index contributed by atoms with van der Waals surface area (Å²) in [5.41, 5.74) is 6.44. The predicted octanol–water partition coefficient (Wildman–Crippen LogP) is 18.9. The van der Waals surface area contributed by atoms with E-state index in [4.69, 9.17) is 26.3 Å². The SMILES string of the molecule is [C-]#[N+]c1cc(C#N)cc(-c2ccc3c4ccc(-c5cc(C#N)cc([N+]#[C-])c5)cc4n(-c4cc(-c5cc(F)cc(C(F)(F)F)c5)c(-n5c6cc(-c7cc(C#N)cc([N+]#[C-])c7)ccc6c6ccc(-c7cc(C#N)cc([N+]#[C-])c7)cc65)cc4C#N)c3c2)c1. The molecule has 0 aliphatic heterocycles. The van der Waals surface area contributed by atoms with E-state index in [1.807, 2.05) is 48.5 Å². The van der Waals surface area contributed by atoms with Crippen molar-refractivity contribution < 1.29 is 17.6 Å². The second kappa shape index (κ2) is 20.5. The summed E-state index contributed by atoms with van der Waals surface area (Å²) in [5, 5.41) is 54.2. The van der Waals surface area contributed by atoms with Gasteiger partial charge in [-0.05, 0) is 177 Å². The number of benzene rings is 10. The second-order valence-electron chi connectivity index (χ2n) is 19.8. The van der Waals surface area contributed by atoms with E-state index in [9.17, 15) is 26.3 Å². The van der Waals surface area contributed by atoms with Crippen LogP contribution < -0.4 is 0 Å². The fourth-order valence-electron chi connectivity index (χ4n) is 11.1. The molecule has 11 nitrogen and oxygen atoms in total. The number of aromatic nitrogens is 2. The molecule has 12 rings (SSSR count). The van der Waals surface area contributed by atoms with E-state index >= 15 is 17.6 Å². The fourth-order valence-corrected chi connectivity index (χ4v) is 11.1. The second-order valence-corrected chi connectivity index (χ2v) is 19.8. The molecule has 2 aromatic heterocycles. The van der Waals surface area contributed by atoms with Crippen LogP contribution in [0.1, 0.15) is 33.4 Å². The van der Waals surface area contributed by atoms with Crippen LogP contribution in [0.5, 0.6) is 0 Å². The van der Waals surface area contributed by atoms with Crippen LogP contribution in [0.25, 0.3) is 130 Å². The normalized spacial score (nSPS) is 11.0. The molecule has 0 aliphatic carbocycles. The van der Waals surface area contributed by atoms with Gasteiger partial charge in [0.1, 0.15) is 11.9 Å². The Hall–Kier alpha value is -13.1. The number of hydrogen-bond donors (Lipinski definition) is 0. The maximum atomic E-state index is 16.2. The van der Waals surface area contributed by atoms with Crippen LogP contribution in [-0.4, -0.2) is 9.13 Å². The third-order valence-electron chi connectivity index (χ3n) is 14.8. The summed E-state index contributed by atoms with van der Waals surface area (Å²) in [5.74, 6) is -1.21. The summed E-state index contributed by atoms with van der Waals surface area (Å²) in [6.45, 7) is 31.2. The Kier molecular flexibility index (Phi) is 12.7. The van der Waals surface area contributed by atoms with Crippen LogP contribution >= 0.6 is 0 Å². The van der Waals surface area contributed by atoms with Gasteiger partial charge >= 0.3 is 6.18 Å². The highest BCUT2D eigenvalue weighted by Crippen LogP contribution is 2.46. The lowest BCUT2D eigenvalue weighted by atomic mass is 9.97. The molecule has 0 saturated carbocycles. The largest absolute Gasteiger partial charge is 0.416 e. The lowest BCUT2D eigenvalue weighted by Crippen LogP contribution is -2.07. The number of rotatable bonds is 7. The first kappa shape index (κ1) is 52.6. The van der Waals surface area contributed by atoms with Crippen molar-refractivity contribution in [3.8, 4) is 97.4 Å². The molecule has 392 valence electrons. The van der Waals surface area contributed by atoms with Crippen molar-refractivity contribution in [2.45, 2.75) is 6.18 Å². The summed E-state index contributed by atoms with van der Waals surface area (Å²) in [6.07, 6.45) is -5.03. The van der Waals surface area contributed by atoms with Crippen LogP contribution in [0.2, 0.25) is 0 Å². The summed E-state index contributed by atoms with van der Waals surface area (Å²) >= 11 is 0. The Balaban J connectivity index is 1.24. The fraction of sp³-hybridized carbons (Fsp3) is 0.0143. The minimum atomic E-state index is -5.03. The number of nitriles is 5. The number of nitrogens with zero attached hydrogens (tertiary/aromatic N) is 11. The van der Waals surface area contributed by atoms with Crippen LogP contribution in [0.15, 0.2) is 176 Å². The van der Waals surface area contributed by atoms with E-state index in [0.29, 0.717) is 94.2 Å². The maximum Gasteiger partial charge on any atom is 0.416 e. The molecule has 0 amide bonds. The van der Waals surface area contributed by atoms with E-state index in [-0.39, 0.29) is 73.1 Å². The third kappa shape index (κ3) is 9.24. The Morgan fingerprint density at radius 1 is 0.341 bits per heavy atom. The van der Waals surface area contributed by atoms with E-state index in [1.54, 1.807) is 81.9 Å². The minimum Gasteiger partial charge on any atom is -0.309 e. The molecule has 0 N–H and O–H groups in total. The Morgan fingerprint density at radius 2 is 0.682 bits per heavy atom. The average Bonchev–Trinajstić information content (AvgIpc) is 1.81.